The number of nitrogens with one attached hydrogen (secondary N) is 1. The molecule has 0 radical (unpaired) electrons. The lowest BCUT2D eigenvalue weighted by Gasteiger charge is -2.44. The van der Waals surface area contributed by atoms with Gasteiger partial charge in [0, 0.05) is 19.1 Å². The van der Waals surface area contributed by atoms with E-state index in [4.69, 9.17) is 15.3 Å². The molecule has 0 aromatic rings. The molecule has 2 rings (SSSR count). The van der Waals surface area contributed by atoms with Gasteiger partial charge >= 0.3 is 0 Å². The summed E-state index contributed by atoms with van der Waals surface area (Å²) in [7, 11) is 0. The van der Waals surface area contributed by atoms with Gasteiger partial charge in [0.1, 0.15) is 0 Å². The van der Waals surface area contributed by atoms with Gasteiger partial charge in [0.2, 0.25) is 0 Å². The van der Waals surface area contributed by atoms with E-state index < -0.39 is 0 Å². The van der Waals surface area contributed by atoms with Gasteiger partial charge in [0.25, 0.3) is 0 Å². The standard InChI is InChI=1S/C15H30N2O2/c1-2-19-15(9-5-3-4-6-10-15)14(17-16)13-8-7-11-18-12-13/h13-14,17H,2-12,16H2,1H3. The Labute approximate surface area is 117 Å². The monoisotopic (exact) mass is 270 g/mol. The van der Waals surface area contributed by atoms with E-state index in [2.05, 4.69) is 12.3 Å². The average Bonchev–Trinajstić information content (AvgIpc) is 2.68. The number of ether oxygens (including phenoxy) is 2. The third kappa shape index (κ3) is 3.69. The summed E-state index contributed by atoms with van der Waals surface area (Å²) in [5, 5.41) is 0. The van der Waals surface area contributed by atoms with Crippen molar-refractivity contribution in [1.29, 1.82) is 0 Å². The van der Waals surface area contributed by atoms with Crippen LogP contribution in [0.25, 0.3) is 0 Å². The Morgan fingerprint density at radius 1 is 1.26 bits per heavy atom. The Morgan fingerprint density at radius 3 is 2.53 bits per heavy atom. The first-order chi connectivity index (χ1) is 9.32. The van der Waals surface area contributed by atoms with E-state index in [9.17, 15) is 0 Å². The Morgan fingerprint density at radius 2 is 2.00 bits per heavy atom. The van der Waals surface area contributed by atoms with Gasteiger partial charge in [0.05, 0.1) is 18.2 Å². The van der Waals surface area contributed by atoms with Crippen LogP contribution in [0.4, 0.5) is 0 Å². The number of hydrogen-bond acceptors (Lipinski definition) is 4. The molecule has 0 amide bonds. The molecule has 0 spiro atoms. The zero-order chi connectivity index (χ0) is 13.6. The van der Waals surface area contributed by atoms with Crippen LogP contribution in [0, 0.1) is 5.92 Å². The van der Waals surface area contributed by atoms with Crippen molar-refractivity contribution >= 4 is 0 Å². The predicted octanol–water partition coefficient (Wildman–Crippen LogP) is 2.37. The summed E-state index contributed by atoms with van der Waals surface area (Å²) in [6.07, 6.45) is 9.77. The number of rotatable bonds is 5. The van der Waals surface area contributed by atoms with Crippen molar-refractivity contribution in [1.82, 2.24) is 5.43 Å². The van der Waals surface area contributed by atoms with Crippen LogP contribution in [0.3, 0.4) is 0 Å². The van der Waals surface area contributed by atoms with E-state index in [1.54, 1.807) is 0 Å². The largest absolute Gasteiger partial charge is 0.381 e. The molecule has 1 saturated heterocycles. The van der Waals surface area contributed by atoms with Crippen molar-refractivity contribution in [2.24, 2.45) is 11.8 Å². The van der Waals surface area contributed by atoms with Crippen molar-refractivity contribution in [2.75, 3.05) is 19.8 Å². The lowest BCUT2D eigenvalue weighted by atomic mass is 9.77. The highest BCUT2D eigenvalue weighted by Gasteiger charge is 2.43. The molecule has 4 heteroatoms. The fraction of sp³-hybridized carbons (Fsp3) is 1.00. The summed E-state index contributed by atoms with van der Waals surface area (Å²) in [6.45, 7) is 4.59. The first kappa shape index (κ1) is 15.2. The molecule has 3 N–H and O–H groups in total. The Balaban J connectivity index is 2.12. The second kappa shape index (κ2) is 7.58. The molecule has 2 fully saturated rings. The van der Waals surface area contributed by atoms with Gasteiger partial charge in [-0.25, -0.2) is 0 Å². The summed E-state index contributed by atoms with van der Waals surface area (Å²) in [5.74, 6) is 6.40. The van der Waals surface area contributed by atoms with Crippen LogP contribution in [-0.4, -0.2) is 31.5 Å². The van der Waals surface area contributed by atoms with E-state index in [1.165, 1.54) is 32.1 Å². The molecule has 112 valence electrons. The zero-order valence-electron chi connectivity index (χ0n) is 12.3. The van der Waals surface area contributed by atoms with Crippen LogP contribution in [-0.2, 0) is 9.47 Å². The van der Waals surface area contributed by atoms with Gasteiger partial charge in [-0.3, -0.25) is 11.3 Å². The zero-order valence-corrected chi connectivity index (χ0v) is 12.3. The first-order valence-corrected chi connectivity index (χ1v) is 8.00. The second-order valence-corrected chi connectivity index (χ2v) is 6.03. The lowest BCUT2D eigenvalue weighted by Crippen LogP contribution is -2.59. The fourth-order valence-electron chi connectivity index (χ4n) is 3.91. The number of hydrazine groups is 1. The van der Waals surface area contributed by atoms with E-state index >= 15 is 0 Å². The van der Waals surface area contributed by atoms with Gasteiger partial charge in [0.15, 0.2) is 0 Å². The van der Waals surface area contributed by atoms with Gasteiger partial charge in [-0.05, 0) is 32.6 Å². The maximum Gasteiger partial charge on any atom is 0.0851 e. The van der Waals surface area contributed by atoms with E-state index in [-0.39, 0.29) is 11.6 Å². The highest BCUT2D eigenvalue weighted by atomic mass is 16.5. The average molecular weight is 270 g/mol. The quantitative estimate of drug-likeness (QED) is 0.457. The summed E-state index contributed by atoms with van der Waals surface area (Å²) in [6, 6.07) is 0.228. The minimum absolute atomic E-state index is 0.0780. The van der Waals surface area contributed by atoms with Crippen LogP contribution in [0.5, 0.6) is 0 Å². The molecule has 1 aliphatic heterocycles. The van der Waals surface area contributed by atoms with Crippen LogP contribution in [0.15, 0.2) is 0 Å². The molecule has 0 bridgehead atoms. The van der Waals surface area contributed by atoms with Gasteiger partial charge in [-0.15, -0.1) is 0 Å². The molecule has 0 aromatic heterocycles. The SMILES string of the molecule is CCOC1(C(NN)C2CCCOC2)CCCCCC1. The van der Waals surface area contributed by atoms with Gasteiger partial charge in [-0.1, -0.05) is 25.7 Å². The second-order valence-electron chi connectivity index (χ2n) is 6.03. The summed E-state index contributed by atoms with van der Waals surface area (Å²) < 4.78 is 11.9. The van der Waals surface area contributed by atoms with E-state index in [1.807, 2.05) is 0 Å². The molecular formula is C15H30N2O2. The minimum atomic E-state index is -0.0780. The maximum absolute atomic E-state index is 6.26. The topological polar surface area (TPSA) is 56.5 Å². The molecular weight excluding hydrogens is 240 g/mol. The Kier molecular flexibility index (Phi) is 6.07. The predicted molar refractivity (Wildman–Crippen MR) is 76.7 cm³/mol. The third-order valence-electron chi connectivity index (χ3n) is 4.79. The highest BCUT2D eigenvalue weighted by molar-refractivity contribution is 4.97. The van der Waals surface area contributed by atoms with Crippen LogP contribution in [0.2, 0.25) is 0 Å². The lowest BCUT2D eigenvalue weighted by molar-refractivity contribution is -0.105. The smallest absolute Gasteiger partial charge is 0.0851 e. The molecule has 2 atom stereocenters. The molecule has 19 heavy (non-hydrogen) atoms. The highest BCUT2D eigenvalue weighted by Crippen LogP contribution is 2.37. The normalized spacial score (nSPS) is 29.7. The number of hydrogen-bond donors (Lipinski definition) is 2. The molecule has 4 nitrogen and oxygen atoms in total. The van der Waals surface area contributed by atoms with Crippen molar-refractivity contribution in [3.63, 3.8) is 0 Å². The molecule has 2 aliphatic rings. The molecule has 1 heterocycles. The Bertz CT molecular complexity index is 247. The summed E-state index contributed by atoms with van der Waals surface area (Å²) in [5.41, 5.74) is 3.01. The number of nitrogens with two attached hydrogens (primary N) is 1. The van der Waals surface area contributed by atoms with Crippen molar-refractivity contribution < 1.29 is 9.47 Å². The summed E-state index contributed by atoms with van der Waals surface area (Å²) >= 11 is 0. The van der Waals surface area contributed by atoms with Crippen LogP contribution >= 0.6 is 0 Å². The van der Waals surface area contributed by atoms with E-state index in [0.717, 1.165) is 39.1 Å². The molecule has 1 saturated carbocycles. The van der Waals surface area contributed by atoms with E-state index in [0.29, 0.717) is 5.92 Å². The summed E-state index contributed by atoms with van der Waals surface area (Å²) in [4.78, 5) is 0. The molecule has 0 aromatic carbocycles. The molecule has 1 aliphatic carbocycles. The van der Waals surface area contributed by atoms with Crippen molar-refractivity contribution in [3.8, 4) is 0 Å². The molecule has 2 unspecified atom stereocenters. The van der Waals surface area contributed by atoms with Crippen LogP contribution in [0.1, 0.15) is 58.3 Å². The third-order valence-corrected chi connectivity index (χ3v) is 4.79. The van der Waals surface area contributed by atoms with Crippen LogP contribution < -0.4 is 11.3 Å². The van der Waals surface area contributed by atoms with Gasteiger partial charge < -0.3 is 9.47 Å². The maximum atomic E-state index is 6.26. The van der Waals surface area contributed by atoms with Gasteiger partial charge in [-0.2, -0.15) is 0 Å². The van der Waals surface area contributed by atoms with Crippen molar-refractivity contribution in [3.05, 3.63) is 0 Å². The van der Waals surface area contributed by atoms with Crippen molar-refractivity contribution in [2.45, 2.75) is 69.9 Å². The fourth-order valence-corrected chi connectivity index (χ4v) is 3.91. The Hall–Kier alpha value is -0.160. The first-order valence-electron chi connectivity index (χ1n) is 8.00. The minimum Gasteiger partial charge on any atom is -0.381 e.